The number of thioether (sulfide) groups is 1. The monoisotopic (exact) mass is 520 g/mol. The number of hydrogen-bond donors (Lipinski definition) is 2. The van der Waals surface area contributed by atoms with E-state index < -0.39 is 40.8 Å². The molecule has 188 valence electrons. The van der Waals surface area contributed by atoms with Gasteiger partial charge in [0.15, 0.2) is 0 Å². The molecule has 2 aliphatic rings. The number of imide groups is 1. The number of aromatic nitrogens is 2. The quantitative estimate of drug-likeness (QED) is 0.400. The highest BCUT2D eigenvalue weighted by Gasteiger charge is 2.43. The summed E-state index contributed by atoms with van der Waals surface area (Å²) in [5.41, 5.74) is -0.0178. The van der Waals surface area contributed by atoms with Crippen LogP contribution in [0.25, 0.3) is 17.0 Å². The first kappa shape index (κ1) is 24.5. The number of fused-ring (bicyclic) bond motifs is 1. The average Bonchev–Trinajstić information content (AvgIpc) is 3.34. The van der Waals surface area contributed by atoms with Crippen LogP contribution in [0.5, 0.6) is 0 Å². The van der Waals surface area contributed by atoms with Crippen LogP contribution in [0.3, 0.4) is 0 Å². The zero-order chi connectivity index (χ0) is 25.6. The SMILES string of the molecule is O=C1SC(=Cc2ccc3c(cnn3Cc3ccc(F)cc3C(F)(F)F)c2)C(=O)N1C1CCNCC1O. The first-order valence-corrected chi connectivity index (χ1v) is 11.9. The number of nitrogens with zero attached hydrogens (tertiary/aromatic N) is 3. The fourth-order valence-corrected chi connectivity index (χ4v) is 5.37. The minimum absolute atomic E-state index is 0.119. The summed E-state index contributed by atoms with van der Waals surface area (Å²) in [6.45, 7) is 0.676. The Morgan fingerprint density at radius 2 is 2.00 bits per heavy atom. The van der Waals surface area contributed by atoms with Crippen molar-refractivity contribution in [1.29, 1.82) is 0 Å². The molecular formula is C24H20F4N4O3S. The lowest BCUT2D eigenvalue weighted by Crippen LogP contribution is -2.54. The third kappa shape index (κ3) is 4.63. The van der Waals surface area contributed by atoms with Crippen molar-refractivity contribution in [2.45, 2.75) is 31.3 Å². The zero-order valence-electron chi connectivity index (χ0n) is 18.6. The van der Waals surface area contributed by atoms with Crippen LogP contribution in [0.2, 0.25) is 0 Å². The molecule has 2 N–H and O–H groups in total. The number of carbonyl (C=O) groups is 2. The summed E-state index contributed by atoms with van der Waals surface area (Å²) in [6.07, 6.45) is -2.03. The molecule has 2 unspecified atom stereocenters. The van der Waals surface area contributed by atoms with Gasteiger partial charge in [0.05, 0.1) is 40.9 Å². The van der Waals surface area contributed by atoms with Crippen LogP contribution in [0.15, 0.2) is 47.5 Å². The lowest BCUT2D eigenvalue weighted by molar-refractivity contribution is -0.138. The van der Waals surface area contributed by atoms with E-state index in [1.165, 1.54) is 10.9 Å². The molecule has 12 heteroatoms. The van der Waals surface area contributed by atoms with Crippen LogP contribution < -0.4 is 5.32 Å². The van der Waals surface area contributed by atoms with E-state index in [2.05, 4.69) is 10.4 Å². The maximum Gasteiger partial charge on any atom is 0.416 e. The van der Waals surface area contributed by atoms with Gasteiger partial charge in [-0.15, -0.1) is 0 Å². The zero-order valence-corrected chi connectivity index (χ0v) is 19.4. The molecule has 36 heavy (non-hydrogen) atoms. The number of β-amino-alcohol motifs (C(OH)–C–C–N with tert-alkyl or cyclic N) is 1. The van der Waals surface area contributed by atoms with Gasteiger partial charge >= 0.3 is 6.18 Å². The molecule has 0 radical (unpaired) electrons. The van der Waals surface area contributed by atoms with E-state index in [0.717, 1.165) is 28.8 Å². The van der Waals surface area contributed by atoms with Crippen molar-refractivity contribution in [2.24, 2.45) is 0 Å². The number of rotatable bonds is 4. The van der Waals surface area contributed by atoms with Gasteiger partial charge in [0, 0.05) is 11.9 Å². The molecule has 3 heterocycles. The Morgan fingerprint density at radius 3 is 2.75 bits per heavy atom. The van der Waals surface area contributed by atoms with Gasteiger partial charge < -0.3 is 10.4 Å². The smallest absolute Gasteiger partial charge is 0.390 e. The molecule has 3 aromatic rings. The van der Waals surface area contributed by atoms with Gasteiger partial charge in [-0.1, -0.05) is 12.1 Å². The number of aliphatic hydroxyl groups excluding tert-OH is 1. The summed E-state index contributed by atoms with van der Waals surface area (Å²) in [4.78, 5) is 26.8. The molecule has 0 bridgehead atoms. The Hall–Kier alpha value is -3.22. The largest absolute Gasteiger partial charge is 0.416 e. The lowest BCUT2D eigenvalue weighted by Gasteiger charge is -2.33. The average molecular weight is 521 g/mol. The normalized spacial score (nSPS) is 22.2. The van der Waals surface area contributed by atoms with E-state index in [1.54, 1.807) is 24.3 Å². The Kier molecular flexibility index (Phi) is 6.35. The van der Waals surface area contributed by atoms with Crippen LogP contribution in [0.4, 0.5) is 22.4 Å². The van der Waals surface area contributed by atoms with Gasteiger partial charge in [-0.05, 0) is 66.2 Å². The second kappa shape index (κ2) is 9.34. The summed E-state index contributed by atoms with van der Waals surface area (Å²) in [7, 11) is 0. The first-order chi connectivity index (χ1) is 17.1. The van der Waals surface area contributed by atoms with Crippen molar-refractivity contribution in [3.05, 3.63) is 70.0 Å². The molecule has 0 aliphatic carbocycles. The summed E-state index contributed by atoms with van der Waals surface area (Å²) in [5.74, 6) is -1.44. The van der Waals surface area contributed by atoms with Crippen LogP contribution in [-0.4, -0.2) is 56.2 Å². The number of halogens is 4. The third-order valence-corrected chi connectivity index (χ3v) is 7.11. The second-order valence-corrected chi connectivity index (χ2v) is 9.59. The predicted octanol–water partition coefficient (Wildman–Crippen LogP) is 4.00. The highest BCUT2D eigenvalue weighted by atomic mass is 32.2. The summed E-state index contributed by atoms with van der Waals surface area (Å²) in [5, 5.41) is 17.6. The Morgan fingerprint density at radius 1 is 1.19 bits per heavy atom. The molecule has 1 aromatic heterocycles. The van der Waals surface area contributed by atoms with Gasteiger partial charge in [0.1, 0.15) is 5.82 Å². The Labute approximate surface area is 206 Å². The molecule has 5 rings (SSSR count). The number of benzene rings is 2. The van der Waals surface area contributed by atoms with E-state index in [-0.39, 0.29) is 17.0 Å². The minimum Gasteiger partial charge on any atom is -0.390 e. The van der Waals surface area contributed by atoms with Crippen LogP contribution in [0, 0.1) is 5.82 Å². The summed E-state index contributed by atoms with van der Waals surface area (Å²) < 4.78 is 54.9. The van der Waals surface area contributed by atoms with E-state index >= 15 is 0 Å². The molecule has 2 aliphatic heterocycles. The van der Waals surface area contributed by atoms with Crippen molar-refractivity contribution in [2.75, 3.05) is 13.1 Å². The maximum absolute atomic E-state index is 13.4. The number of nitrogens with one attached hydrogen (secondary N) is 1. The molecule has 2 amide bonds. The van der Waals surface area contributed by atoms with Gasteiger partial charge in [0.2, 0.25) is 0 Å². The molecule has 0 saturated carbocycles. The number of alkyl halides is 3. The van der Waals surface area contributed by atoms with Crippen LogP contribution in [-0.2, 0) is 17.5 Å². The van der Waals surface area contributed by atoms with Gasteiger partial charge in [-0.2, -0.15) is 18.3 Å². The number of hydrogen-bond acceptors (Lipinski definition) is 6. The Bertz CT molecular complexity index is 1390. The van der Waals surface area contributed by atoms with E-state index in [0.29, 0.717) is 42.0 Å². The molecule has 2 atom stereocenters. The second-order valence-electron chi connectivity index (χ2n) is 8.60. The fraction of sp³-hybridized carbons (Fsp3) is 0.292. The minimum atomic E-state index is -4.71. The Balaban J connectivity index is 1.40. The summed E-state index contributed by atoms with van der Waals surface area (Å²) >= 11 is 0.799. The van der Waals surface area contributed by atoms with Crippen molar-refractivity contribution >= 4 is 39.9 Å². The summed E-state index contributed by atoms with van der Waals surface area (Å²) in [6, 6.07) is 6.99. The number of carbonyl (C=O) groups excluding carboxylic acids is 2. The molecule has 2 fully saturated rings. The predicted molar refractivity (Wildman–Crippen MR) is 125 cm³/mol. The maximum atomic E-state index is 13.4. The standard InChI is InChI=1S/C24H20F4N4O3S/c25-16-3-2-14(17(9-16)24(26,27)28)12-31-18-4-1-13(7-15(18)10-30-31)8-21-22(34)32(23(35)36-21)19-5-6-29-11-20(19)33/h1-4,7-10,19-20,29,33H,5-6,11-12H2. The van der Waals surface area contributed by atoms with Crippen molar-refractivity contribution in [3.8, 4) is 0 Å². The molecular weight excluding hydrogens is 500 g/mol. The number of amides is 2. The topological polar surface area (TPSA) is 87.5 Å². The van der Waals surface area contributed by atoms with E-state index in [4.69, 9.17) is 0 Å². The van der Waals surface area contributed by atoms with E-state index in [9.17, 15) is 32.3 Å². The number of piperidine rings is 1. The molecule has 0 spiro atoms. The first-order valence-electron chi connectivity index (χ1n) is 11.1. The highest BCUT2D eigenvalue weighted by molar-refractivity contribution is 8.18. The van der Waals surface area contributed by atoms with Crippen molar-refractivity contribution in [3.63, 3.8) is 0 Å². The van der Waals surface area contributed by atoms with Crippen LogP contribution in [0.1, 0.15) is 23.1 Å². The van der Waals surface area contributed by atoms with Gasteiger partial charge in [-0.3, -0.25) is 19.2 Å². The van der Waals surface area contributed by atoms with Crippen LogP contribution >= 0.6 is 11.8 Å². The molecule has 2 aromatic carbocycles. The number of aliphatic hydroxyl groups is 1. The van der Waals surface area contributed by atoms with Gasteiger partial charge in [-0.25, -0.2) is 4.39 Å². The molecule has 7 nitrogen and oxygen atoms in total. The lowest BCUT2D eigenvalue weighted by atomic mass is 10.0. The van der Waals surface area contributed by atoms with Crippen molar-refractivity contribution < 1.29 is 32.3 Å². The fourth-order valence-electron chi connectivity index (χ4n) is 4.48. The highest BCUT2D eigenvalue weighted by Crippen LogP contribution is 2.36. The van der Waals surface area contributed by atoms with Gasteiger partial charge in [0.25, 0.3) is 11.1 Å². The molecule has 2 saturated heterocycles. The van der Waals surface area contributed by atoms with Crippen molar-refractivity contribution in [1.82, 2.24) is 20.0 Å². The third-order valence-electron chi connectivity index (χ3n) is 6.23. The van der Waals surface area contributed by atoms with E-state index in [1.807, 2.05) is 0 Å².